The Labute approximate surface area is 150 Å². The Morgan fingerprint density at radius 2 is 2.16 bits per heavy atom. The molecule has 0 spiro atoms. The number of piperidine rings is 1. The van der Waals surface area contributed by atoms with Crippen molar-refractivity contribution in [1.82, 2.24) is 29.8 Å². The average Bonchev–Trinajstić information content (AvgIpc) is 3.27. The van der Waals surface area contributed by atoms with E-state index in [2.05, 4.69) is 35.1 Å². The number of imidazole rings is 1. The highest BCUT2D eigenvalue weighted by atomic mass is 32.1. The van der Waals surface area contributed by atoms with Gasteiger partial charge < -0.3 is 10.3 Å². The molecule has 1 aliphatic heterocycles. The van der Waals surface area contributed by atoms with E-state index < -0.39 is 0 Å². The highest BCUT2D eigenvalue weighted by molar-refractivity contribution is 7.15. The lowest BCUT2D eigenvalue weighted by molar-refractivity contribution is 0.195. The largest absolute Gasteiger partial charge is 0.348 e. The SMILES string of the molecule is Cc1cnc(Nc2nccnc2[C@@H]2CCCN(Cc3ncc[nH]3)C2)s1. The van der Waals surface area contributed by atoms with Gasteiger partial charge in [-0.3, -0.25) is 9.88 Å². The van der Waals surface area contributed by atoms with Crippen molar-refractivity contribution < 1.29 is 0 Å². The fraction of sp³-hybridized carbons (Fsp3) is 0.412. The van der Waals surface area contributed by atoms with Gasteiger partial charge in [0, 0.05) is 48.3 Å². The Kier molecular flexibility index (Phi) is 4.71. The van der Waals surface area contributed by atoms with Gasteiger partial charge >= 0.3 is 0 Å². The van der Waals surface area contributed by atoms with E-state index in [0.29, 0.717) is 5.92 Å². The molecule has 4 heterocycles. The summed E-state index contributed by atoms with van der Waals surface area (Å²) in [6, 6.07) is 0. The molecule has 1 saturated heterocycles. The number of rotatable bonds is 5. The number of hydrogen-bond acceptors (Lipinski definition) is 7. The molecule has 0 aliphatic carbocycles. The normalized spacial score (nSPS) is 18.4. The van der Waals surface area contributed by atoms with E-state index in [1.165, 1.54) is 4.88 Å². The zero-order chi connectivity index (χ0) is 17.1. The third kappa shape index (κ3) is 3.85. The van der Waals surface area contributed by atoms with Gasteiger partial charge in [-0.2, -0.15) is 0 Å². The van der Waals surface area contributed by atoms with E-state index in [1.807, 2.05) is 19.3 Å². The molecule has 0 amide bonds. The minimum Gasteiger partial charge on any atom is -0.348 e. The second-order valence-corrected chi connectivity index (χ2v) is 7.54. The summed E-state index contributed by atoms with van der Waals surface area (Å²) >= 11 is 1.63. The number of hydrogen-bond donors (Lipinski definition) is 2. The van der Waals surface area contributed by atoms with E-state index in [0.717, 1.165) is 54.9 Å². The van der Waals surface area contributed by atoms with Gasteiger partial charge in [0.05, 0.1) is 12.2 Å². The number of thiazole rings is 1. The number of anilines is 2. The summed E-state index contributed by atoms with van der Waals surface area (Å²) in [7, 11) is 0. The van der Waals surface area contributed by atoms with Crippen molar-refractivity contribution in [3.05, 3.63) is 47.4 Å². The summed E-state index contributed by atoms with van der Waals surface area (Å²) in [5.41, 5.74) is 1.03. The molecular formula is C17H21N7S. The molecule has 0 saturated carbocycles. The molecule has 1 aliphatic rings. The first-order valence-electron chi connectivity index (χ1n) is 8.49. The molecule has 25 heavy (non-hydrogen) atoms. The maximum atomic E-state index is 4.64. The van der Waals surface area contributed by atoms with Crippen LogP contribution in [0.2, 0.25) is 0 Å². The monoisotopic (exact) mass is 355 g/mol. The third-order valence-corrected chi connectivity index (χ3v) is 5.22. The minimum absolute atomic E-state index is 0.362. The van der Waals surface area contributed by atoms with Crippen LogP contribution in [0.4, 0.5) is 10.9 Å². The van der Waals surface area contributed by atoms with E-state index in [1.54, 1.807) is 29.9 Å². The number of aryl methyl sites for hydroxylation is 1. The lowest BCUT2D eigenvalue weighted by Gasteiger charge is -2.32. The maximum Gasteiger partial charge on any atom is 0.188 e. The predicted molar refractivity (Wildman–Crippen MR) is 98.0 cm³/mol. The smallest absolute Gasteiger partial charge is 0.188 e. The van der Waals surface area contributed by atoms with Crippen molar-refractivity contribution in [3.8, 4) is 0 Å². The Bertz CT molecular complexity index is 814. The first kappa shape index (κ1) is 16.2. The fourth-order valence-corrected chi connectivity index (χ4v) is 3.94. The van der Waals surface area contributed by atoms with Gasteiger partial charge in [-0.1, -0.05) is 0 Å². The molecule has 3 aromatic rings. The quantitative estimate of drug-likeness (QED) is 0.732. The number of likely N-dealkylation sites (tertiary alicyclic amines) is 1. The number of nitrogens with one attached hydrogen (secondary N) is 2. The molecule has 7 nitrogen and oxygen atoms in total. The molecular weight excluding hydrogens is 334 g/mol. The zero-order valence-corrected chi connectivity index (χ0v) is 15.0. The second-order valence-electron chi connectivity index (χ2n) is 6.30. The van der Waals surface area contributed by atoms with E-state index in [-0.39, 0.29) is 0 Å². The van der Waals surface area contributed by atoms with Crippen LogP contribution in [0.25, 0.3) is 0 Å². The minimum atomic E-state index is 0.362. The fourth-order valence-electron chi connectivity index (χ4n) is 3.28. The Morgan fingerprint density at radius 3 is 2.96 bits per heavy atom. The molecule has 130 valence electrons. The molecule has 8 heteroatoms. The van der Waals surface area contributed by atoms with Crippen LogP contribution in [-0.4, -0.2) is 42.9 Å². The molecule has 1 atom stereocenters. The Balaban J connectivity index is 1.50. The highest BCUT2D eigenvalue weighted by Crippen LogP contribution is 2.31. The molecule has 0 radical (unpaired) electrons. The van der Waals surface area contributed by atoms with E-state index >= 15 is 0 Å². The molecule has 0 unspecified atom stereocenters. The first-order valence-corrected chi connectivity index (χ1v) is 9.30. The number of nitrogens with zero attached hydrogens (tertiary/aromatic N) is 5. The first-order chi connectivity index (χ1) is 12.3. The van der Waals surface area contributed by atoms with Crippen LogP contribution in [0.5, 0.6) is 0 Å². The van der Waals surface area contributed by atoms with Crippen molar-refractivity contribution in [3.63, 3.8) is 0 Å². The van der Waals surface area contributed by atoms with Gasteiger partial charge in [0.1, 0.15) is 5.82 Å². The zero-order valence-electron chi connectivity index (χ0n) is 14.1. The topological polar surface area (TPSA) is 82.6 Å². The second kappa shape index (κ2) is 7.28. The predicted octanol–water partition coefficient (Wildman–Crippen LogP) is 3.09. The highest BCUT2D eigenvalue weighted by Gasteiger charge is 2.25. The van der Waals surface area contributed by atoms with Crippen LogP contribution in [-0.2, 0) is 6.54 Å². The van der Waals surface area contributed by atoms with Gasteiger partial charge in [-0.25, -0.2) is 15.0 Å². The van der Waals surface area contributed by atoms with Gasteiger partial charge in [0.2, 0.25) is 0 Å². The summed E-state index contributed by atoms with van der Waals surface area (Å²) < 4.78 is 0. The van der Waals surface area contributed by atoms with Crippen molar-refractivity contribution in [1.29, 1.82) is 0 Å². The van der Waals surface area contributed by atoms with Gasteiger partial charge in [-0.15, -0.1) is 11.3 Å². The van der Waals surface area contributed by atoms with Crippen LogP contribution >= 0.6 is 11.3 Å². The number of aromatic nitrogens is 5. The lowest BCUT2D eigenvalue weighted by Crippen LogP contribution is -2.34. The van der Waals surface area contributed by atoms with Crippen molar-refractivity contribution >= 4 is 22.3 Å². The standard InChI is InChI=1S/C17H21N7S/c1-12-9-22-17(25-12)23-16-15(20-6-7-21-16)13-3-2-8-24(10-13)11-14-18-4-5-19-14/h4-7,9,13H,2-3,8,10-11H2,1H3,(H,18,19)(H,21,22,23)/t13-/m1/s1. The maximum absolute atomic E-state index is 4.64. The molecule has 0 aromatic carbocycles. The van der Waals surface area contributed by atoms with E-state index in [9.17, 15) is 0 Å². The van der Waals surface area contributed by atoms with Crippen molar-refractivity contribution in [2.45, 2.75) is 32.2 Å². The van der Waals surface area contributed by atoms with Gasteiger partial charge in [-0.05, 0) is 26.3 Å². The lowest BCUT2D eigenvalue weighted by atomic mass is 9.94. The van der Waals surface area contributed by atoms with Gasteiger partial charge in [0.25, 0.3) is 0 Å². The summed E-state index contributed by atoms with van der Waals surface area (Å²) in [6.07, 6.45) is 11.3. The molecule has 2 N–H and O–H groups in total. The molecule has 4 rings (SSSR count). The Hall–Kier alpha value is -2.32. The third-order valence-electron chi connectivity index (χ3n) is 4.39. The molecule has 0 bridgehead atoms. The van der Waals surface area contributed by atoms with Gasteiger partial charge in [0.15, 0.2) is 10.9 Å². The average molecular weight is 355 g/mol. The summed E-state index contributed by atoms with van der Waals surface area (Å²) in [5, 5.41) is 4.21. The van der Waals surface area contributed by atoms with Crippen molar-refractivity contribution in [2.24, 2.45) is 0 Å². The van der Waals surface area contributed by atoms with E-state index in [4.69, 9.17) is 0 Å². The number of H-pyrrole nitrogens is 1. The van der Waals surface area contributed by atoms with Crippen LogP contribution < -0.4 is 5.32 Å². The van der Waals surface area contributed by atoms with Crippen LogP contribution in [0.3, 0.4) is 0 Å². The van der Waals surface area contributed by atoms with Crippen LogP contribution in [0, 0.1) is 6.92 Å². The Morgan fingerprint density at radius 1 is 1.24 bits per heavy atom. The van der Waals surface area contributed by atoms with Crippen LogP contribution in [0.15, 0.2) is 31.0 Å². The summed E-state index contributed by atoms with van der Waals surface area (Å²) in [5.74, 6) is 2.19. The van der Waals surface area contributed by atoms with Crippen LogP contribution in [0.1, 0.15) is 35.2 Å². The summed E-state index contributed by atoms with van der Waals surface area (Å²) in [6.45, 7) is 4.95. The molecule has 1 fully saturated rings. The molecule has 3 aromatic heterocycles. The van der Waals surface area contributed by atoms with Crippen molar-refractivity contribution in [2.75, 3.05) is 18.4 Å². The number of aromatic amines is 1. The summed E-state index contributed by atoms with van der Waals surface area (Å²) in [4.78, 5) is 24.7.